The zero-order chi connectivity index (χ0) is 16.8. The van der Waals surface area contributed by atoms with Crippen molar-refractivity contribution in [3.05, 3.63) is 71.0 Å². The number of rotatable bonds is 5. The summed E-state index contributed by atoms with van der Waals surface area (Å²) >= 11 is 0. The van der Waals surface area contributed by atoms with Crippen LogP contribution >= 0.6 is 0 Å². The smallest absolute Gasteiger partial charge is 0.203 e. The molecule has 0 aliphatic rings. The van der Waals surface area contributed by atoms with E-state index >= 15 is 0 Å². The van der Waals surface area contributed by atoms with Gasteiger partial charge in [-0.1, -0.05) is 12.1 Å². The van der Waals surface area contributed by atoms with Gasteiger partial charge in [0.1, 0.15) is 23.2 Å². The van der Waals surface area contributed by atoms with Crippen molar-refractivity contribution in [3.8, 4) is 11.8 Å². The van der Waals surface area contributed by atoms with Crippen LogP contribution in [-0.4, -0.2) is 11.9 Å². The van der Waals surface area contributed by atoms with E-state index < -0.39 is 11.6 Å². The molecule has 0 amide bonds. The van der Waals surface area contributed by atoms with E-state index in [2.05, 4.69) is 0 Å². The third kappa shape index (κ3) is 4.52. The van der Waals surface area contributed by atoms with E-state index in [-0.39, 0.29) is 17.2 Å². The van der Waals surface area contributed by atoms with Crippen LogP contribution in [0.4, 0.5) is 4.39 Å². The van der Waals surface area contributed by atoms with Crippen molar-refractivity contribution in [1.29, 1.82) is 5.26 Å². The van der Waals surface area contributed by atoms with Crippen LogP contribution in [0, 0.1) is 17.1 Å². The van der Waals surface area contributed by atoms with Crippen LogP contribution in [0.15, 0.2) is 54.1 Å². The van der Waals surface area contributed by atoms with Gasteiger partial charge in [-0.3, -0.25) is 4.79 Å². The standard InChI is InChI=1S/C19H16FNO2/c1-13(2)23-18-9-3-14(4-10-18)11-16(12-21)19(22)15-5-7-17(20)8-6-15/h3-11,13H,1-2H3/b16-11+. The highest BCUT2D eigenvalue weighted by molar-refractivity contribution is 6.14. The van der Waals surface area contributed by atoms with Crippen molar-refractivity contribution in [2.45, 2.75) is 20.0 Å². The minimum absolute atomic E-state index is 0.00543. The molecule has 3 nitrogen and oxygen atoms in total. The molecule has 0 atom stereocenters. The fraction of sp³-hybridized carbons (Fsp3) is 0.158. The van der Waals surface area contributed by atoms with Crippen molar-refractivity contribution in [1.82, 2.24) is 0 Å². The van der Waals surface area contributed by atoms with Crippen LogP contribution < -0.4 is 4.74 Å². The Kier molecular flexibility index (Phi) is 5.27. The number of allylic oxidation sites excluding steroid dienone is 1. The highest BCUT2D eigenvalue weighted by Crippen LogP contribution is 2.17. The maximum atomic E-state index is 12.9. The number of halogens is 1. The Morgan fingerprint density at radius 3 is 2.26 bits per heavy atom. The van der Waals surface area contributed by atoms with Gasteiger partial charge in [-0.2, -0.15) is 5.26 Å². The fourth-order valence-electron chi connectivity index (χ4n) is 1.99. The Labute approximate surface area is 134 Å². The van der Waals surface area contributed by atoms with Crippen LogP contribution in [0.25, 0.3) is 6.08 Å². The molecule has 0 heterocycles. The number of nitriles is 1. The number of carbonyl (C=O) groups is 1. The molecule has 2 rings (SSSR count). The Hall–Kier alpha value is -2.93. The molecule has 0 aromatic heterocycles. The summed E-state index contributed by atoms with van der Waals surface area (Å²) in [4.78, 5) is 12.3. The predicted molar refractivity (Wildman–Crippen MR) is 86.5 cm³/mol. The van der Waals surface area contributed by atoms with Gasteiger partial charge in [0.15, 0.2) is 0 Å². The van der Waals surface area contributed by atoms with Gasteiger partial charge in [0.25, 0.3) is 0 Å². The number of nitrogens with zero attached hydrogens (tertiary/aromatic N) is 1. The maximum Gasteiger partial charge on any atom is 0.203 e. The second-order valence-electron chi connectivity index (χ2n) is 5.24. The molecule has 2 aromatic rings. The van der Waals surface area contributed by atoms with E-state index in [0.717, 1.165) is 5.75 Å². The molecule has 116 valence electrons. The van der Waals surface area contributed by atoms with E-state index in [4.69, 9.17) is 4.74 Å². The first-order chi connectivity index (χ1) is 11.0. The van der Waals surface area contributed by atoms with Gasteiger partial charge in [-0.25, -0.2) is 4.39 Å². The monoisotopic (exact) mass is 309 g/mol. The topological polar surface area (TPSA) is 50.1 Å². The van der Waals surface area contributed by atoms with Gasteiger partial charge in [0.2, 0.25) is 5.78 Å². The summed E-state index contributed by atoms with van der Waals surface area (Å²) in [5, 5.41) is 9.21. The summed E-state index contributed by atoms with van der Waals surface area (Å²) in [5.41, 5.74) is 0.987. The first kappa shape index (κ1) is 16.4. The van der Waals surface area contributed by atoms with E-state index in [1.807, 2.05) is 19.9 Å². The molecule has 0 radical (unpaired) electrons. The minimum atomic E-state index is -0.435. The highest BCUT2D eigenvalue weighted by Gasteiger charge is 2.12. The number of hydrogen-bond acceptors (Lipinski definition) is 3. The molecule has 2 aromatic carbocycles. The van der Waals surface area contributed by atoms with E-state index in [9.17, 15) is 14.4 Å². The number of benzene rings is 2. The zero-order valence-electron chi connectivity index (χ0n) is 12.9. The van der Waals surface area contributed by atoms with Crippen molar-refractivity contribution < 1.29 is 13.9 Å². The summed E-state index contributed by atoms with van der Waals surface area (Å²) in [7, 11) is 0. The number of Topliss-reactive ketones (excluding diaryl/α,β-unsaturated/α-hetero) is 1. The second kappa shape index (κ2) is 7.37. The first-order valence-corrected chi connectivity index (χ1v) is 7.18. The van der Waals surface area contributed by atoms with Crippen molar-refractivity contribution in [3.63, 3.8) is 0 Å². The van der Waals surface area contributed by atoms with Crippen LogP contribution in [-0.2, 0) is 0 Å². The molecule has 0 aliphatic heterocycles. The van der Waals surface area contributed by atoms with Crippen LogP contribution in [0.3, 0.4) is 0 Å². The third-order valence-corrected chi connectivity index (χ3v) is 3.03. The van der Waals surface area contributed by atoms with Crippen molar-refractivity contribution >= 4 is 11.9 Å². The normalized spacial score (nSPS) is 11.2. The van der Waals surface area contributed by atoms with E-state index in [1.54, 1.807) is 24.3 Å². The van der Waals surface area contributed by atoms with E-state index in [0.29, 0.717) is 5.56 Å². The Morgan fingerprint density at radius 2 is 1.74 bits per heavy atom. The number of carbonyl (C=O) groups excluding carboxylic acids is 1. The van der Waals surface area contributed by atoms with Crippen LogP contribution in [0.1, 0.15) is 29.8 Å². The molecule has 0 fully saturated rings. The Morgan fingerprint density at radius 1 is 1.13 bits per heavy atom. The summed E-state index contributed by atoms with van der Waals surface area (Å²) in [5.74, 6) is -0.139. The summed E-state index contributed by atoms with van der Waals surface area (Å²) < 4.78 is 18.4. The molecule has 0 N–H and O–H groups in total. The molecule has 0 aliphatic carbocycles. The lowest BCUT2D eigenvalue weighted by Gasteiger charge is -2.09. The van der Waals surface area contributed by atoms with Gasteiger partial charge in [-0.05, 0) is 61.9 Å². The number of ketones is 1. The van der Waals surface area contributed by atoms with Crippen molar-refractivity contribution in [2.24, 2.45) is 0 Å². The minimum Gasteiger partial charge on any atom is -0.491 e. The van der Waals surface area contributed by atoms with Crippen LogP contribution in [0.2, 0.25) is 0 Å². The third-order valence-electron chi connectivity index (χ3n) is 3.03. The Bertz CT molecular complexity index is 753. The quantitative estimate of drug-likeness (QED) is 0.467. The van der Waals surface area contributed by atoms with Gasteiger partial charge in [-0.15, -0.1) is 0 Å². The number of hydrogen-bond donors (Lipinski definition) is 0. The number of ether oxygens (including phenoxy) is 1. The average Bonchev–Trinajstić information content (AvgIpc) is 2.53. The van der Waals surface area contributed by atoms with Crippen molar-refractivity contribution in [2.75, 3.05) is 0 Å². The molecule has 4 heteroatoms. The summed E-state index contributed by atoms with van der Waals surface area (Å²) in [6.07, 6.45) is 1.58. The summed E-state index contributed by atoms with van der Waals surface area (Å²) in [6.45, 7) is 3.87. The maximum absolute atomic E-state index is 12.9. The molecular weight excluding hydrogens is 293 g/mol. The largest absolute Gasteiger partial charge is 0.491 e. The van der Waals surface area contributed by atoms with E-state index in [1.165, 1.54) is 30.3 Å². The van der Waals surface area contributed by atoms with Gasteiger partial charge >= 0.3 is 0 Å². The summed E-state index contributed by atoms with van der Waals surface area (Å²) in [6, 6.07) is 14.1. The van der Waals surface area contributed by atoms with Gasteiger partial charge < -0.3 is 4.74 Å². The predicted octanol–water partition coefficient (Wildman–Crippen LogP) is 4.40. The lowest BCUT2D eigenvalue weighted by Crippen LogP contribution is -2.05. The average molecular weight is 309 g/mol. The Balaban J connectivity index is 2.23. The fourth-order valence-corrected chi connectivity index (χ4v) is 1.99. The lowest BCUT2D eigenvalue weighted by molar-refractivity contribution is 0.104. The molecular formula is C19H16FNO2. The first-order valence-electron chi connectivity index (χ1n) is 7.18. The van der Waals surface area contributed by atoms with Gasteiger partial charge in [0, 0.05) is 5.56 Å². The molecule has 0 bridgehead atoms. The zero-order valence-corrected chi connectivity index (χ0v) is 12.9. The lowest BCUT2D eigenvalue weighted by atomic mass is 10.0. The second-order valence-corrected chi connectivity index (χ2v) is 5.24. The SMILES string of the molecule is CC(C)Oc1ccc(/C=C(\C#N)C(=O)c2ccc(F)cc2)cc1. The molecule has 0 unspecified atom stereocenters. The molecule has 0 saturated heterocycles. The van der Waals surface area contributed by atoms with Gasteiger partial charge in [0.05, 0.1) is 6.10 Å². The molecule has 23 heavy (non-hydrogen) atoms. The van der Waals surface area contributed by atoms with Crippen LogP contribution in [0.5, 0.6) is 5.75 Å². The highest BCUT2D eigenvalue weighted by atomic mass is 19.1. The molecule has 0 spiro atoms. The molecule has 0 saturated carbocycles.